The minimum Gasteiger partial charge on any atom is -0.283 e. The highest BCUT2D eigenvalue weighted by Crippen LogP contribution is 2.35. The van der Waals surface area contributed by atoms with Crippen LogP contribution in [-0.2, 0) is 4.79 Å². The number of amides is 1. The van der Waals surface area contributed by atoms with Gasteiger partial charge in [0.05, 0.1) is 20.8 Å². The Morgan fingerprint density at radius 2 is 1.83 bits per heavy atom. The maximum Gasteiger partial charge on any atom is 0.300 e. The van der Waals surface area contributed by atoms with Crippen LogP contribution >= 0.6 is 24.0 Å². The van der Waals surface area contributed by atoms with E-state index in [0.717, 1.165) is 40.0 Å². The third kappa shape index (κ3) is 4.70. The second-order valence-electron chi connectivity index (χ2n) is 6.14. The summed E-state index contributed by atoms with van der Waals surface area (Å²) in [5.74, 6) is -0.474. The molecule has 1 N–H and O–H groups in total. The first-order valence-electron chi connectivity index (χ1n) is 8.47. The summed E-state index contributed by atoms with van der Waals surface area (Å²) in [6.07, 6.45) is 3.58. The van der Waals surface area contributed by atoms with Crippen LogP contribution in [0.2, 0.25) is 0 Å². The molecule has 1 fully saturated rings. The number of non-ortho nitro benzene ring substituents is 1. The van der Waals surface area contributed by atoms with Crippen molar-refractivity contribution in [2.45, 2.75) is 6.92 Å². The lowest BCUT2D eigenvalue weighted by Gasteiger charge is -2.16. The van der Waals surface area contributed by atoms with Crippen molar-refractivity contribution in [2.75, 3.05) is 5.43 Å². The zero-order valence-electron chi connectivity index (χ0n) is 15.5. The van der Waals surface area contributed by atoms with Crippen molar-refractivity contribution in [3.63, 3.8) is 0 Å². The van der Waals surface area contributed by atoms with E-state index in [2.05, 4.69) is 5.43 Å². The minimum atomic E-state index is -0.768. The molecule has 1 aliphatic heterocycles. The van der Waals surface area contributed by atoms with Gasteiger partial charge in [0.2, 0.25) is 0 Å². The van der Waals surface area contributed by atoms with Crippen molar-refractivity contribution < 1.29 is 14.6 Å². The number of anilines is 1. The quantitative estimate of drug-likeness (QED) is 0.296. The van der Waals surface area contributed by atoms with Crippen molar-refractivity contribution in [3.8, 4) is 0 Å². The van der Waals surface area contributed by atoms with Crippen molar-refractivity contribution in [1.82, 2.24) is 5.01 Å². The Labute approximate surface area is 180 Å². The van der Waals surface area contributed by atoms with E-state index in [1.54, 1.807) is 6.08 Å². The fraction of sp³-hybridized carbons (Fsp3) is 0.0526. The standard InChI is InChI=1S/C19H14N4O5S2/c1-12(9-13-5-3-2-4-6-13)10-17-18(24)21(19(29)30-17)20-15-8-7-14(22(25)26)11-16(15)23(27)28/h2-11,20H,1H3/b12-9+,17-10+. The number of thiocarbonyl (C=S) groups is 1. The molecule has 1 saturated heterocycles. The highest BCUT2D eigenvalue weighted by molar-refractivity contribution is 8.26. The van der Waals surface area contributed by atoms with Crippen LogP contribution in [0.1, 0.15) is 12.5 Å². The summed E-state index contributed by atoms with van der Waals surface area (Å²) >= 11 is 6.27. The lowest BCUT2D eigenvalue weighted by molar-refractivity contribution is -0.393. The third-order valence-electron chi connectivity index (χ3n) is 3.97. The molecule has 0 aliphatic carbocycles. The van der Waals surface area contributed by atoms with Crippen LogP contribution in [0.3, 0.4) is 0 Å². The average Bonchev–Trinajstić information content (AvgIpc) is 2.96. The lowest BCUT2D eigenvalue weighted by Crippen LogP contribution is -2.34. The van der Waals surface area contributed by atoms with Gasteiger partial charge < -0.3 is 0 Å². The summed E-state index contributed by atoms with van der Waals surface area (Å²) in [6.45, 7) is 1.84. The zero-order valence-corrected chi connectivity index (χ0v) is 17.1. The summed E-state index contributed by atoms with van der Waals surface area (Å²) in [7, 11) is 0. The molecule has 11 heteroatoms. The van der Waals surface area contributed by atoms with Crippen LogP contribution in [0, 0.1) is 20.2 Å². The highest BCUT2D eigenvalue weighted by Gasteiger charge is 2.34. The third-order valence-corrected chi connectivity index (χ3v) is 5.27. The van der Waals surface area contributed by atoms with Crippen LogP contribution in [0.15, 0.2) is 65.1 Å². The normalized spacial score (nSPS) is 15.6. The maximum atomic E-state index is 12.7. The van der Waals surface area contributed by atoms with E-state index in [1.165, 1.54) is 6.07 Å². The molecule has 1 amide bonds. The Bertz CT molecular complexity index is 1120. The summed E-state index contributed by atoms with van der Waals surface area (Å²) in [5, 5.41) is 23.2. The van der Waals surface area contributed by atoms with E-state index in [-0.39, 0.29) is 10.0 Å². The van der Waals surface area contributed by atoms with Crippen LogP contribution in [0.25, 0.3) is 6.08 Å². The van der Waals surface area contributed by atoms with E-state index in [9.17, 15) is 25.0 Å². The van der Waals surface area contributed by atoms with E-state index in [1.807, 2.05) is 43.3 Å². The molecular formula is C19H14N4O5S2. The number of carbonyl (C=O) groups is 1. The predicted molar refractivity (Wildman–Crippen MR) is 119 cm³/mol. The number of benzene rings is 2. The molecule has 0 saturated carbocycles. The van der Waals surface area contributed by atoms with Crippen molar-refractivity contribution in [2.24, 2.45) is 0 Å². The fourth-order valence-corrected chi connectivity index (χ4v) is 3.85. The molecule has 3 rings (SSSR count). The molecular weight excluding hydrogens is 428 g/mol. The van der Waals surface area contributed by atoms with Gasteiger partial charge in [-0.05, 0) is 42.4 Å². The Balaban J connectivity index is 1.84. The summed E-state index contributed by atoms with van der Waals surface area (Å²) in [4.78, 5) is 33.8. The van der Waals surface area contributed by atoms with Crippen LogP contribution < -0.4 is 5.43 Å². The number of allylic oxidation sites excluding steroid dienone is 2. The highest BCUT2D eigenvalue weighted by atomic mass is 32.2. The van der Waals surface area contributed by atoms with Gasteiger partial charge in [0.25, 0.3) is 11.6 Å². The topological polar surface area (TPSA) is 119 Å². The van der Waals surface area contributed by atoms with Crippen LogP contribution in [-0.4, -0.2) is 25.1 Å². The Kier molecular flexibility index (Phi) is 6.23. The first-order valence-corrected chi connectivity index (χ1v) is 9.69. The molecule has 0 aromatic heterocycles. The zero-order chi connectivity index (χ0) is 21.8. The molecule has 0 spiro atoms. The largest absolute Gasteiger partial charge is 0.300 e. The van der Waals surface area contributed by atoms with Gasteiger partial charge in [-0.3, -0.25) is 30.4 Å². The van der Waals surface area contributed by atoms with Gasteiger partial charge in [0, 0.05) is 6.07 Å². The van der Waals surface area contributed by atoms with E-state index in [4.69, 9.17) is 12.2 Å². The number of nitrogens with one attached hydrogen (secondary N) is 1. The smallest absolute Gasteiger partial charge is 0.283 e. The number of nitro groups is 2. The van der Waals surface area contributed by atoms with E-state index in [0.29, 0.717) is 4.91 Å². The SMILES string of the molecule is CC(=C\c1ccccc1)/C=C1/SC(=S)N(Nc2ccc([N+](=O)[O-])cc2[N+](=O)[O-])C1=O. The molecule has 0 atom stereocenters. The molecule has 152 valence electrons. The Hall–Kier alpha value is -3.57. The second-order valence-corrected chi connectivity index (χ2v) is 7.82. The number of hydrogen-bond acceptors (Lipinski definition) is 8. The molecule has 9 nitrogen and oxygen atoms in total. The monoisotopic (exact) mass is 442 g/mol. The molecule has 0 bridgehead atoms. The number of nitrogens with zero attached hydrogens (tertiary/aromatic N) is 3. The lowest BCUT2D eigenvalue weighted by atomic mass is 10.1. The number of hydrazine groups is 1. The van der Waals surface area contributed by atoms with Gasteiger partial charge in [-0.15, -0.1) is 0 Å². The molecule has 0 radical (unpaired) electrons. The Morgan fingerprint density at radius 3 is 2.47 bits per heavy atom. The molecule has 0 unspecified atom stereocenters. The number of thioether (sulfide) groups is 1. The van der Waals surface area contributed by atoms with Gasteiger partial charge in [-0.1, -0.05) is 48.2 Å². The summed E-state index contributed by atoms with van der Waals surface area (Å²) < 4.78 is 0.159. The fourth-order valence-electron chi connectivity index (χ4n) is 2.62. The van der Waals surface area contributed by atoms with Gasteiger partial charge in [0.1, 0.15) is 5.69 Å². The van der Waals surface area contributed by atoms with Crippen molar-refractivity contribution >= 4 is 57.3 Å². The maximum absolute atomic E-state index is 12.7. The molecule has 1 heterocycles. The van der Waals surface area contributed by atoms with Gasteiger partial charge >= 0.3 is 5.69 Å². The van der Waals surface area contributed by atoms with Crippen molar-refractivity contribution in [1.29, 1.82) is 0 Å². The number of carbonyl (C=O) groups excluding carboxylic acids is 1. The van der Waals surface area contributed by atoms with Gasteiger partial charge in [-0.2, -0.15) is 0 Å². The second kappa shape index (κ2) is 8.84. The van der Waals surface area contributed by atoms with E-state index < -0.39 is 27.1 Å². The number of hydrogen-bond donors (Lipinski definition) is 1. The summed E-state index contributed by atoms with van der Waals surface area (Å²) in [6, 6.07) is 12.7. The molecule has 1 aliphatic rings. The molecule has 2 aromatic rings. The van der Waals surface area contributed by atoms with Crippen LogP contribution in [0.5, 0.6) is 0 Å². The first-order chi connectivity index (χ1) is 14.3. The Morgan fingerprint density at radius 1 is 1.13 bits per heavy atom. The number of rotatable bonds is 6. The first kappa shape index (κ1) is 21.1. The molecule has 2 aromatic carbocycles. The van der Waals surface area contributed by atoms with Gasteiger partial charge in [0.15, 0.2) is 4.32 Å². The van der Waals surface area contributed by atoms with E-state index >= 15 is 0 Å². The minimum absolute atomic E-state index is 0.0836. The summed E-state index contributed by atoms with van der Waals surface area (Å²) in [5.41, 5.74) is 3.35. The van der Waals surface area contributed by atoms with Crippen LogP contribution in [0.4, 0.5) is 17.1 Å². The molecule has 30 heavy (non-hydrogen) atoms. The van der Waals surface area contributed by atoms with Crippen molar-refractivity contribution in [3.05, 3.63) is 90.9 Å². The number of nitro benzene ring substituents is 2. The predicted octanol–water partition coefficient (Wildman–Crippen LogP) is 4.68. The average molecular weight is 442 g/mol. The van der Waals surface area contributed by atoms with Gasteiger partial charge in [-0.25, -0.2) is 5.01 Å².